The zero-order valence-corrected chi connectivity index (χ0v) is 15.7. The van der Waals surface area contributed by atoms with Gasteiger partial charge in [-0.05, 0) is 62.8 Å². The highest BCUT2D eigenvalue weighted by Gasteiger charge is 2.23. The zero-order chi connectivity index (χ0) is 18.4. The van der Waals surface area contributed by atoms with Gasteiger partial charge in [0.25, 0.3) is 0 Å². The van der Waals surface area contributed by atoms with Gasteiger partial charge in [-0.25, -0.2) is 4.79 Å². The molecule has 0 saturated carbocycles. The molecule has 1 saturated heterocycles. The van der Waals surface area contributed by atoms with E-state index < -0.39 is 0 Å². The van der Waals surface area contributed by atoms with E-state index in [4.69, 9.17) is 0 Å². The Bertz CT molecular complexity index is 711. The summed E-state index contributed by atoms with van der Waals surface area (Å²) in [7, 11) is 0. The Morgan fingerprint density at radius 2 is 2.08 bits per heavy atom. The zero-order valence-electron chi connectivity index (χ0n) is 15.7. The summed E-state index contributed by atoms with van der Waals surface area (Å²) in [5.74, 6) is 0.636. The van der Waals surface area contributed by atoms with Crippen LogP contribution in [0.25, 0.3) is 0 Å². The van der Waals surface area contributed by atoms with Crippen LogP contribution in [0, 0.1) is 12.8 Å². The highest BCUT2D eigenvalue weighted by molar-refractivity contribution is 5.74. The third kappa shape index (κ3) is 5.28. The number of aryl methyl sites for hydroxylation is 1. The largest absolute Gasteiger partial charge is 0.335 e. The van der Waals surface area contributed by atoms with Gasteiger partial charge in [0.15, 0.2) is 0 Å². The molecule has 5 heteroatoms. The first-order valence-corrected chi connectivity index (χ1v) is 9.47. The third-order valence-corrected chi connectivity index (χ3v) is 4.98. The molecule has 5 nitrogen and oxygen atoms in total. The van der Waals surface area contributed by atoms with Crippen molar-refractivity contribution in [3.63, 3.8) is 0 Å². The molecule has 1 aliphatic rings. The summed E-state index contributed by atoms with van der Waals surface area (Å²) in [5.41, 5.74) is 3.32. The third-order valence-electron chi connectivity index (χ3n) is 4.98. The van der Waals surface area contributed by atoms with Gasteiger partial charge in [-0.3, -0.25) is 9.97 Å². The number of hydrogen-bond donors (Lipinski definition) is 1. The molecule has 1 N–H and O–H groups in total. The van der Waals surface area contributed by atoms with Gasteiger partial charge in [0, 0.05) is 49.3 Å². The minimum atomic E-state index is 0.0463. The topological polar surface area (TPSA) is 58.1 Å². The Labute approximate surface area is 155 Å². The molecule has 0 spiro atoms. The summed E-state index contributed by atoms with van der Waals surface area (Å²) in [5, 5.41) is 3.12. The molecule has 0 aromatic carbocycles. The van der Waals surface area contributed by atoms with Crippen LogP contribution >= 0.6 is 0 Å². The molecule has 3 heterocycles. The highest BCUT2D eigenvalue weighted by Crippen LogP contribution is 2.21. The number of piperidine rings is 1. The lowest BCUT2D eigenvalue weighted by atomic mass is 9.91. The van der Waals surface area contributed by atoms with E-state index in [0.717, 1.165) is 50.2 Å². The van der Waals surface area contributed by atoms with Gasteiger partial charge in [-0.2, -0.15) is 0 Å². The van der Waals surface area contributed by atoms with Crippen LogP contribution in [-0.4, -0.2) is 40.0 Å². The van der Waals surface area contributed by atoms with Crippen LogP contribution in [0.4, 0.5) is 4.79 Å². The maximum Gasteiger partial charge on any atom is 0.317 e. The van der Waals surface area contributed by atoms with Gasteiger partial charge in [-0.1, -0.05) is 12.1 Å². The van der Waals surface area contributed by atoms with Crippen molar-refractivity contribution in [2.45, 2.75) is 45.6 Å². The first-order valence-electron chi connectivity index (χ1n) is 9.47. The van der Waals surface area contributed by atoms with E-state index in [0.29, 0.717) is 5.92 Å². The number of nitrogens with zero attached hydrogens (tertiary/aromatic N) is 3. The van der Waals surface area contributed by atoms with Crippen LogP contribution in [0.5, 0.6) is 0 Å². The van der Waals surface area contributed by atoms with Crippen molar-refractivity contribution in [2.75, 3.05) is 13.1 Å². The fourth-order valence-electron chi connectivity index (χ4n) is 3.57. The van der Waals surface area contributed by atoms with Crippen LogP contribution in [0.1, 0.15) is 36.7 Å². The number of aromatic nitrogens is 2. The van der Waals surface area contributed by atoms with Crippen molar-refractivity contribution in [1.29, 1.82) is 0 Å². The number of nitrogens with one attached hydrogen (secondary N) is 1. The monoisotopic (exact) mass is 352 g/mol. The number of urea groups is 1. The van der Waals surface area contributed by atoms with Gasteiger partial charge >= 0.3 is 6.03 Å². The molecule has 0 aliphatic carbocycles. The Morgan fingerprint density at radius 3 is 2.77 bits per heavy atom. The predicted octanol–water partition coefficient (Wildman–Crippen LogP) is 3.38. The minimum absolute atomic E-state index is 0.0463. The summed E-state index contributed by atoms with van der Waals surface area (Å²) >= 11 is 0. The van der Waals surface area contributed by atoms with E-state index in [1.807, 2.05) is 55.4 Å². The van der Waals surface area contributed by atoms with Crippen LogP contribution < -0.4 is 5.32 Å². The molecular formula is C21H28N4O. The number of carbonyl (C=O) groups excluding carboxylic acids is 1. The van der Waals surface area contributed by atoms with E-state index in [1.54, 1.807) is 0 Å². The Morgan fingerprint density at radius 1 is 1.27 bits per heavy atom. The molecule has 1 aliphatic heterocycles. The van der Waals surface area contributed by atoms with E-state index in [9.17, 15) is 4.79 Å². The van der Waals surface area contributed by atoms with Gasteiger partial charge in [-0.15, -0.1) is 0 Å². The van der Waals surface area contributed by atoms with E-state index >= 15 is 0 Å². The van der Waals surface area contributed by atoms with Crippen molar-refractivity contribution in [2.24, 2.45) is 5.92 Å². The standard InChI is InChI=1S/C21H28N4O/c1-16-5-3-7-20(23-16)13-17(2)24-21(26)25-11-8-18(9-12-25)14-19-6-4-10-22-15-19/h3-7,10,15,17-18H,8-9,11-14H2,1-2H3,(H,24,26)/t17-/m0/s1. The lowest BCUT2D eigenvalue weighted by Crippen LogP contribution is -2.47. The number of rotatable bonds is 5. The van der Waals surface area contributed by atoms with Crippen LogP contribution in [0.15, 0.2) is 42.7 Å². The van der Waals surface area contributed by atoms with E-state index in [2.05, 4.69) is 21.4 Å². The van der Waals surface area contributed by atoms with Crippen LogP contribution in [-0.2, 0) is 12.8 Å². The van der Waals surface area contributed by atoms with Crippen LogP contribution in [0.2, 0.25) is 0 Å². The number of amides is 2. The molecule has 0 radical (unpaired) electrons. The van der Waals surface area contributed by atoms with Gasteiger partial charge < -0.3 is 10.2 Å². The average Bonchev–Trinajstić information content (AvgIpc) is 2.63. The molecule has 26 heavy (non-hydrogen) atoms. The molecule has 2 aromatic heterocycles. The second-order valence-corrected chi connectivity index (χ2v) is 7.32. The number of pyridine rings is 2. The average molecular weight is 352 g/mol. The summed E-state index contributed by atoms with van der Waals surface area (Å²) in [6, 6.07) is 10.3. The Balaban J connectivity index is 1.43. The smallest absolute Gasteiger partial charge is 0.317 e. The summed E-state index contributed by atoms with van der Waals surface area (Å²) in [6.45, 7) is 5.68. The first-order chi connectivity index (χ1) is 12.6. The van der Waals surface area contributed by atoms with E-state index in [-0.39, 0.29) is 12.1 Å². The Kier molecular flexibility index (Phi) is 6.21. The molecule has 0 bridgehead atoms. The molecular weight excluding hydrogens is 324 g/mol. The van der Waals surface area contributed by atoms with Crippen molar-refractivity contribution in [1.82, 2.24) is 20.2 Å². The van der Waals surface area contributed by atoms with Crippen molar-refractivity contribution in [3.05, 3.63) is 59.7 Å². The molecule has 1 atom stereocenters. The lowest BCUT2D eigenvalue weighted by molar-refractivity contribution is 0.167. The molecule has 0 unspecified atom stereocenters. The fraction of sp³-hybridized carbons (Fsp3) is 0.476. The SMILES string of the molecule is Cc1cccc(C[C@H](C)NC(=O)N2CCC(Cc3cccnc3)CC2)n1. The fourth-order valence-corrected chi connectivity index (χ4v) is 3.57. The summed E-state index contributed by atoms with van der Waals surface area (Å²) < 4.78 is 0. The van der Waals surface area contributed by atoms with Crippen molar-refractivity contribution < 1.29 is 4.79 Å². The van der Waals surface area contributed by atoms with Gasteiger partial charge in [0.1, 0.15) is 0 Å². The molecule has 2 aromatic rings. The quantitative estimate of drug-likeness (QED) is 0.897. The highest BCUT2D eigenvalue weighted by atomic mass is 16.2. The molecule has 138 valence electrons. The first kappa shape index (κ1) is 18.4. The molecule has 1 fully saturated rings. The van der Waals surface area contributed by atoms with Gasteiger partial charge in [0.05, 0.1) is 0 Å². The predicted molar refractivity (Wildman–Crippen MR) is 103 cm³/mol. The second kappa shape index (κ2) is 8.79. The minimum Gasteiger partial charge on any atom is -0.335 e. The maximum absolute atomic E-state index is 12.5. The van der Waals surface area contributed by atoms with Crippen molar-refractivity contribution in [3.8, 4) is 0 Å². The van der Waals surface area contributed by atoms with Crippen molar-refractivity contribution >= 4 is 6.03 Å². The lowest BCUT2D eigenvalue weighted by Gasteiger charge is -2.33. The normalized spacial score (nSPS) is 16.3. The van der Waals surface area contributed by atoms with E-state index in [1.165, 1.54) is 5.56 Å². The summed E-state index contributed by atoms with van der Waals surface area (Å²) in [4.78, 5) is 23.2. The molecule has 3 rings (SSSR count). The molecule has 2 amide bonds. The van der Waals surface area contributed by atoms with Crippen LogP contribution in [0.3, 0.4) is 0 Å². The second-order valence-electron chi connectivity index (χ2n) is 7.32. The van der Waals surface area contributed by atoms with Gasteiger partial charge in [0.2, 0.25) is 0 Å². The number of likely N-dealkylation sites (tertiary alicyclic amines) is 1. The number of carbonyl (C=O) groups is 1. The summed E-state index contributed by atoms with van der Waals surface area (Å²) in [6.07, 6.45) is 7.67. The number of hydrogen-bond acceptors (Lipinski definition) is 3. The maximum atomic E-state index is 12.5. The Hall–Kier alpha value is -2.43.